The molecule has 1 saturated heterocycles. The molecule has 2 aliphatic rings. The van der Waals surface area contributed by atoms with Gasteiger partial charge in [0.1, 0.15) is 5.82 Å². The Balaban J connectivity index is 1.85. The zero-order chi connectivity index (χ0) is 14.5. The standard InChI is InChI=1S/C17H22FNO/c1-16(2)8-14-9-17(3,10-16)11-19(14)15(20)12-4-6-13(18)7-5-12/h4-7,14H,8-11H2,1-3H3/t14-,17+/m1/s1. The summed E-state index contributed by atoms with van der Waals surface area (Å²) in [5, 5.41) is 0. The number of amides is 1. The van der Waals surface area contributed by atoms with Crippen LogP contribution in [0.1, 0.15) is 50.4 Å². The molecule has 0 unspecified atom stereocenters. The number of benzene rings is 1. The van der Waals surface area contributed by atoms with Gasteiger partial charge >= 0.3 is 0 Å². The second-order valence-corrected chi connectivity index (χ2v) is 7.65. The van der Waals surface area contributed by atoms with Crippen molar-refractivity contribution in [2.24, 2.45) is 10.8 Å². The van der Waals surface area contributed by atoms with Crippen molar-refractivity contribution in [3.05, 3.63) is 35.6 Å². The van der Waals surface area contributed by atoms with E-state index in [0.717, 1.165) is 19.4 Å². The minimum absolute atomic E-state index is 0.0522. The molecule has 1 heterocycles. The Labute approximate surface area is 120 Å². The molecule has 1 aromatic rings. The summed E-state index contributed by atoms with van der Waals surface area (Å²) in [6.07, 6.45) is 3.34. The normalized spacial score (nSPS) is 31.4. The number of likely N-dealkylation sites (tertiary alicyclic amines) is 1. The highest BCUT2D eigenvalue weighted by Crippen LogP contribution is 2.52. The maximum absolute atomic E-state index is 13.0. The first-order valence-corrected chi connectivity index (χ1v) is 7.35. The van der Waals surface area contributed by atoms with E-state index >= 15 is 0 Å². The molecule has 108 valence electrons. The fourth-order valence-corrected chi connectivity index (χ4v) is 4.46. The van der Waals surface area contributed by atoms with Gasteiger partial charge in [-0.15, -0.1) is 0 Å². The molecule has 1 aromatic carbocycles. The van der Waals surface area contributed by atoms with Gasteiger partial charge < -0.3 is 4.90 Å². The summed E-state index contributed by atoms with van der Waals surface area (Å²) >= 11 is 0. The Morgan fingerprint density at radius 1 is 1.20 bits per heavy atom. The van der Waals surface area contributed by atoms with Crippen molar-refractivity contribution in [3.8, 4) is 0 Å². The molecular weight excluding hydrogens is 253 g/mol. The summed E-state index contributed by atoms with van der Waals surface area (Å²) in [5.41, 5.74) is 1.14. The van der Waals surface area contributed by atoms with Gasteiger partial charge in [-0.05, 0) is 54.4 Å². The van der Waals surface area contributed by atoms with Crippen molar-refractivity contribution in [2.75, 3.05) is 6.54 Å². The third-order valence-electron chi connectivity index (χ3n) is 4.77. The average Bonchev–Trinajstić information content (AvgIpc) is 2.58. The van der Waals surface area contributed by atoms with E-state index in [-0.39, 0.29) is 17.1 Å². The molecule has 1 saturated carbocycles. The van der Waals surface area contributed by atoms with Crippen LogP contribution in [0, 0.1) is 16.6 Å². The zero-order valence-corrected chi connectivity index (χ0v) is 12.4. The topological polar surface area (TPSA) is 20.3 Å². The summed E-state index contributed by atoms with van der Waals surface area (Å²) < 4.78 is 13.0. The Kier molecular flexibility index (Phi) is 2.93. The van der Waals surface area contributed by atoms with Crippen molar-refractivity contribution >= 4 is 5.91 Å². The lowest BCUT2D eigenvalue weighted by Gasteiger charge is -2.39. The smallest absolute Gasteiger partial charge is 0.254 e. The van der Waals surface area contributed by atoms with E-state index in [4.69, 9.17) is 0 Å². The number of carbonyl (C=O) groups excluding carboxylic acids is 1. The highest BCUT2D eigenvalue weighted by molar-refractivity contribution is 5.94. The maximum atomic E-state index is 13.0. The fraction of sp³-hybridized carbons (Fsp3) is 0.588. The van der Waals surface area contributed by atoms with Crippen LogP contribution in [-0.4, -0.2) is 23.4 Å². The lowest BCUT2D eigenvalue weighted by Crippen LogP contribution is -2.37. The third kappa shape index (κ3) is 2.34. The SMILES string of the molecule is CC1(C)C[C@@H]2C[C@](C)(CN2C(=O)c2ccc(F)cc2)C1. The molecule has 1 aliphatic heterocycles. The van der Waals surface area contributed by atoms with Crippen LogP contribution in [0.3, 0.4) is 0 Å². The maximum Gasteiger partial charge on any atom is 0.254 e. The van der Waals surface area contributed by atoms with Crippen molar-refractivity contribution in [3.63, 3.8) is 0 Å². The summed E-state index contributed by atoms with van der Waals surface area (Å²) in [7, 11) is 0. The predicted molar refractivity (Wildman–Crippen MR) is 77.0 cm³/mol. The van der Waals surface area contributed by atoms with Gasteiger partial charge in [0, 0.05) is 18.2 Å². The van der Waals surface area contributed by atoms with Gasteiger partial charge in [-0.25, -0.2) is 4.39 Å². The Morgan fingerprint density at radius 2 is 1.85 bits per heavy atom. The summed E-state index contributed by atoms with van der Waals surface area (Å²) in [6, 6.07) is 6.24. The molecule has 0 radical (unpaired) electrons. The average molecular weight is 275 g/mol. The number of nitrogens with zero attached hydrogens (tertiary/aromatic N) is 1. The highest BCUT2D eigenvalue weighted by atomic mass is 19.1. The highest BCUT2D eigenvalue weighted by Gasteiger charge is 2.50. The number of carbonyl (C=O) groups is 1. The van der Waals surface area contributed by atoms with Gasteiger partial charge in [0.25, 0.3) is 5.91 Å². The van der Waals surface area contributed by atoms with E-state index in [9.17, 15) is 9.18 Å². The Morgan fingerprint density at radius 3 is 2.50 bits per heavy atom. The largest absolute Gasteiger partial charge is 0.335 e. The molecule has 3 rings (SSSR count). The van der Waals surface area contributed by atoms with E-state index in [0.29, 0.717) is 17.0 Å². The molecule has 3 heteroatoms. The lowest BCUT2D eigenvalue weighted by molar-refractivity contribution is 0.0708. The van der Waals surface area contributed by atoms with Crippen molar-refractivity contribution in [2.45, 2.75) is 46.1 Å². The zero-order valence-electron chi connectivity index (χ0n) is 12.4. The summed E-state index contributed by atoms with van der Waals surface area (Å²) in [5.74, 6) is -0.244. The van der Waals surface area contributed by atoms with Crippen LogP contribution in [0.15, 0.2) is 24.3 Å². The lowest BCUT2D eigenvalue weighted by atomic mass is 9.65. The second kappa shape index (κ2) is 4.31. The van der Waals surface area contributed by atoms with E-state index in [2.05, 4.69) is 20.8 Å². The molecule has 20 heavy (non-hydrogen) atoms. The van der Waals surface area contributed by atoms with Gasteiger partial charge in [0.15, 0.2) is 0 Å². The van der Waals surface area contributed by atoms with Crippen LogP contribution >= 0.6 is 0 Å². The van der Waals surface area contributed by atoms with Crippen molar-refractivity contribution in [1.82, 2.24) is 4.90 Å². The number of halogens is 1. The third-order valence-corrected chi connectivity index (χ3v) is 4.77. The summed E-state index contributed by atoms with van der Waals surface area (Å²) in [4.78, 5) is 14.7. The molecular formula is C17H22FNO. The Hall–Kier alpha value is -1.38. The number of hydrogen-bond acceptors (Lipinski definition) is 1. The molecule has 1 amide bonds. The summed E-state index contributed by atoms with van der Waals surface area (Å²) in [6.45, 7) is 7.71. The first-order chi connectivity index (χ1) is 9.28. The first kappa shape index (κ1) is 13.6. The molecule has 0 aromatic heterocycles. The van der Waals surface area contributed by atoms with Crippen LogP contribution < -0.4 is 0 Å². The van der Waals surface area contributed by atoms with Crippen molar-refractivity contribution < 1.29 is 9.18 Å². The first-order valence-electron chi connectivity index (χ1n) is 7.35. The predicted octanol–water partition coefficient (Wildman–Crippen LogP) is 3.87. The molecule has 0 spiro atoms. The van der Waals surface area contributed by atoms with Gasteiger partial charge in [0.2, 0.25) is 0 Å². The van der Waals surface area contributed by atoms with Crippen LogP contribution in [-0.2, 0) is 0 Å². The van der Waals surface area contributed by atoms with Gasteiger partial charge in [-0.2, -0.15) is 0 Å². The fourth-order valence-electron chi connectivity index (χ4n) is 4.46. The van der Waals surface area contributed by atoms with Crippen LogP contribution in [0.25, 0.3) is 0 Å². The van der Waals surface area contributed by atoms with Crippen LogP contribution in [0.5, 0.6) is 0 Å². The van der Waals surface area contributed by atoms with Crippen molar-refractivity contribution in [1.29, 1.82) is 0 Å². The minimum atomic E-state index is -0.296. The van der Waals surface area contributed by atoms with E-state index < -0.39 is 0 Å². The van der Waals surface area contributed by atoms with E-state index in [1.165, 1.54) is 18.6 Å². The second-order valence-electron chi connectivity index (χ2n) is 7.65. The van der Waals surface area contributed by atoms with Crippen LogP contribution in [0.4, 0.5) is 4.39 Å². The van der Waals surface area contributed by atoms with Gasteiger partial charge in [0.05, 0.1) is 0 Å². The molecule has 1 aliphatic carbocycles. The van der Waals surface area contributed by atoms with Gasteiger partial charge in [-0.1, -0.05) is 20.8 Å². The number of hydrogen-bond donors (Lipinski definition) is 0. The molecule has 2 bridgehead atoms. The van der Waals surface area contributed by atoms with Crippen LogP contribution in [0.2, 0.25) is 0 Å². The monoisotopic (exact) mass is 275 g/mol. The Bertz CT molecular complexity index is 536. The van der Waals surface area contributed by atoms with E-state index in [1.54, 1.807) is 12.1 Å². The number of fused-ring (bicyclic) bond motifs is 2. The number of rotatable bonds is 1. The minimum Gasteiger partial charge on any atom is -0.335 e. The van der Waals surface area contributed by atoms with Gasteiger partial charge in [-0.3, -0.25) is 4.79 Å². The molecule has 0 N–H and O–H groups in total. The molecule has 2 nitrogen and oxygen atoms in total. The molecule has 2 atom stereocenters. The molecule has 2 fully saturated rings. The van der Waals surface area contributed by atoms with E-state index in [1.807, 2.05) is 4.90 Å². The quantitative estimate of drug-likeness (QED) is 0.762.